The molecule has 2 N–H and O–H groups in total. The van der Waals surface area contributed by atoms with E-state index >= 15 is 0 Å². The second kappa shape index (κ2) is 9.34. The van der Waals surface area contributed by atoms with Gasteiger partial charge in [-0.3, -0.25) is 19.7 Å². The van der Waals surface area contributed by atoms with Crippen molar-refractivity contribution < 1.29 is 19.2 Å². The van der Waals surface area contributed by atoms with Crippen LogP contribution in [0.3, 0.4) is 0 Å². The Hall–Kier alpha value is -4.98. The monoisotopic (exact) mass is 478 g/mol. The maximum absolute atomic E-state index is 13.3. The van der Waals surface area contributed by atoms with E-state index in [4.69, 9.17) is 0 Å². The highest BCUT2D eigenvalue weighted by molar-refractivity contribution is 6.39. The van der Waals surface area contributed by atoms with Gasteiger partial charge in [0.2, 0.25) is 5.91 Å². The van der Waals surface area contributed by atoms with Crippen molar-refractivity contribution >= 4 is 52.1 Å². The molecule has 1 aromatic heterocycles. The number of carbonyl (C=O) groups excluding carboxylic acids is 4. The second-order valence-corrected chi connectivity index (χ2v) is 8.44. The van der Waals surface area contributed by atoms with Crippen LogP contribution >= 0.6 is 0 Å². The van der Waals surface area contributed by atoms with E-state index in [1.807, 2.05) is 55.5 Å². The molecule has 5 rings (SSSR count). The third-order valence-electron chi connectivity index (χ3n) is 5.85. The Labute approximate surface area is 206 Å². The zero-order chi connectivity index (χ0) is 25.2. The summed E-state index contributed by atoms with van der Waals surface area (Å²) in [5.41, 5.74) is 3.10. The highest BCUT2D eigenvalue weighted by Crippen LogP contribution is 2.27. The Morgan fingerprint density at radius 3 is 2.47 bits per heavy atom. The van der Waals surface area contributed by atoms with Crippen LogP contribution < -0.4 is 15.5 Å². The minimum atomic E-state index is -0.798. The molecule has 1 aliphatic heterocycles. The Bertz CT molecular complexity index is 1550. The van der Waals surface area contributed by atoms with Gasteiger partial charge in [0.25, 0.3) is 11.8 Å². The van der Waals surface area contributed by atoms with Crippen molar-refractivity contribution in [3.05, 3.63) is 102 Å². The number of amides is 5. The molecule has 8 nitrogen and oxygen atoms in total. The zero-order valence-corrected chi connectivity index (χ0v) is 19.4. The molecule has 8 heteroatoms. The third-order valence-corrected chi connectivity index (χ3v) is 5.85. The van der Waals surface area contributed by atoms with Crippen LogP contribution in [0.4, 0.5) is 16.2 Å². The van der Waals surface area contributed by atoms with Gasteiger partial charge in [0, 0.05) is 28.4 Å². The van der Waals surface area contributed by atoms with Gasteiger partial charge in [0.05, 0.1) is 5.69 Å². The van der Waals surface area contributed by atoms with Gasteiger partial charge in [-0.15, -0.1) is 0 Å². The number of carbonyl (C=O) groups is 4. The SMILES string of the molecule is Cc1cccc(N2C(=O)NC(=O)/C(=C/c3cn(CC(=O)Nc4ccccc4)c4ccccc34)C2=O)c1. The summed E-state index contributed by atoms with van der Waals surface area (Å²) in [6.45, 7) is 1.88. The topological polar surface area (TPSA) is 101 Å². The van der Waals surface area contributed by atoms with Gasteiger partial charge >= 0.3 is 6.03 Å². The minimum Gasteiger partial charge on any atom is -0.337 e. The van der Waals surface area contributed by atoms with Gasteiger partial charge in [-0.1, -0.05) is 48.5 Å². The smallest absolute Gasteiger partial charge is 0.335 e. The summed E-state index contributed by atoms with van der Waals surface area (Å²) in [4.78, 5) is 52.1. The number of aryl methyl sites for hydroxylation is 1. The lowest BCUT2D eigenvalue weighted by molar-refractivity contribution is -0.122. The molecule has 3 aromatic carbocycles. The number of aromatic nitrogens is 1. The van der Waals surface area contributed by atoms with Gasteiger partial charge in [0.15, 0.2) is 0 Å². The van der Waals surface area contributed by atoms with E-state index in [9.17, 15) is 19.2 Å². The van der Waals surface area contributed by atoms with Crippen molar-refractivity contribution in [3.8, 4) is 0 Å². The Morgan fingerprint density at radius 1 is 0.944 bits per heavy atom. The van der Waals surface area contributed by atoms with Gasteiger partial charge in [-0.2, -0.15) is 0 Å². The number of benzene rings is 3. The average Bonchev–Trinajstić information content (AvgIpc) is 3.19. The fourth-order valence-electron chi connectivity index (χ4n) is 4.21. The van der Waals surface area contributed by atoms with Crippen molar-refractivity contribution in [1.82, 2.24) is 9.88 Å². The van der Waals surface area contributed by atoms with E-state index in [1.54, 1.807) is 41.1 Å². The van der Waals surface area contributed by atoms with E-state index < -0.39 is 17.8 Å². The van der Waals surface area contributed by atoms with Crippen molar-refractivity contribution in [2.24, 2.45) is 0 Å². The maximum atomic E-state index is 13.3. The lowest BCUT2D eigenvalue weighted by Gasteiger charge is -2.26. The summed E-state index contributed by atoms with van der Waals surface area (Å²) in [6.07, 6.45) is 3.18. The molecule has 178 valence electrons. The first-order valence-electron chi connectivity index (χ1n) is 11.3. The molecule has 0 aliphatic carbocycles. The van der Waals surface area contributed by atoms with Crippen molar-refractivity contribution in [3.63, 3.8) is 0 Å². The summed E-state index contributed by atoms with van der Waals surface area (Å²) >= 11 is 0. The normalized spacial score (nSPS) is 14.9. The first kappa shape index (κ1) is 22.8. The molecule has 1 fully saturated rings. The van der Waals surface area contributed by atoms with Crippen molar-refractivity contribution in [1.29, 1.82) is 0 Å². The average molecular weight is 479 g/mol. The van der Waals surface area contributed by atoms with Gasteiger partial charge in [-0.25, -0.2) is 9.69 Å². The molecule has 0 bridgehead atoms. The number of barbiturate groups is 1. The molecule has 0 unspecified atom stereocenters. The second-order valence-electron chi connectivity index (χ2n) is 8.44. The van der Waals surface area contributed by atoms with Crippen LogP contribution in [0.25, 0.3) is 17.0 Å². The number of fused-ring (bicyclic) bond motifs is 1. The predicted octanol–water partition coefficient (Wildman–Crippen LogP) is 4.25. The fraction of sp³-hybridized carbons (Fsp3) is 0.0714. The van der Waals surface area contributed by atoms with Crippen LogP contribution in [0.2, 0.25) is 0 Å². The number of nitrogens with zero attached hydrogens (tertiary/aromatic N) is 2. The number of para-hydroxylation sites is 2. The number of urea groups is 1. The molecule has 4 aromatic rings. The van der Waals surface area contributed by atoms with Gasteiger partial charge in [-0.05, 0) is 48.9 Å². The Kier molecular flexibility index (Phi) is 5.92. The van der Waals surface area contributed by atoms with Gasteiger partial charge < -0.3 is 9.88 Å². The summed E-state index contributed by atoms with van der Waals surface area (Å²) < 4.78 is 1.76. The molecule has 2 heterocycles. The highest BCUT2D eigenvalue weighted by atomic mass is 16.2. The fourth-order valence-corrected chi connectivity index (χ4v) is 4.21. The van der Waals surface area contributed by atoms with Crippen molar-refractivity contribution in [2.45, 2.75) is 13.5 Å². The van der Waals surface area contributed by atoms with Gasteiger partial charge in [0.1, 0.15) is 12.1 Å². The molecular formula is C28H22N4O4. The standard InChI is InChI=1S/C28H22N4O4/c1-18-8-7-11-21(14-18)32-27(35)23(26(34)30-28(32)36)15-19-16-31(24-13-6-5-12-22(19)24)17-25(33)29-20-9-3-2-4-10-20/h2-16H,17H2,1H3,(H,29,33)(H,30,34,36)/b23-15-. The predicted molar refractivity (Wildman–Crippen MR) is 137 cm³/mol. The van der Waals surface area contributed by atoms with E-state index in [1.165, 1.54) is 6.08 Å². The number of anilines is 2. The van der Waals surface area contributed by atoms with Crippen LogP contribution in [0.15, 0.2) is 90.6 Å². The zero-order valence-electron chi connectivity index (χ0n) is 19.4. The Morgan fingerprint density at radius 2 is 1.69 bits per heavy atom. The van der Waals surface area contributed by atoms with Crippen LogP contribution in [-0.2, 0) is 20.9 Å². The number of nitrogens with one attached hydrogen (secondary N) is 2. The first-order valence-corrected chi connectivity index (χ1v) is 11.3. The molecule has 0 atom stereocenters. The van der Waals surface area contributed by atoms with E-state index in [-0.39, 0.29) is 18.0 Å². The molecule has 5 amide bonds. The highest BCUT2D eigenvalue weighted by Gasteiger charge is 2.37. The van der Waals surface area contributed by atoms with E-state index in [0.29, 0.717) is 16.9 Å². The van der Waals surface area contributed by atoms with Crippen LogP contribution in [0.1, 0.15) is 11.1 Å². The largest absolute Gasteiger partial charge is 0.337 e. The van der Waals surface area contributed by atoms with Crippen LogP contribution in [0.5, 0.6) is 0 Å². The Balaban J connectivity index is 1.49. The lowest BCUT2D eigenvalue weighted by Crippen LogP contribution is -2.54. The quantitative estimate of drug-likeness (QED) is 0.331. The van der Waals surface area contributed by atoms with Crippen LogP contribution in [0, 0.1) is 6.92 Å². The number of hydrogen-bond acceptors (Lipinski definition) is 4. The first-order chi connectivity index (χ1) is 17.4. The molecule has 1 saturated heterocycles. The van der Waals surface area contributed by atoms with Crippen molar-refractivity contribution in [2.75, 3.05) is 10.2 Å². The summed E-state index contributed by atoms with van der Waals surface area (Å²) in [7, 11) is 0. The maximum Gasteiger partial charge on any atom is 0.335 e. The number of imide groups is 2. The van der Waals surface area contributed by atoms with E-state index in [2.05, 4.69) is 10.6 Å². The third kappa shape index (κ3) is 4.39. The summed E-state index contributed by atoms with van der Waals surface area (Å²) in [5.74, 6) is -1.70. The molecule has 0 saturated carbocycles. The number of hydrogen-bond donors (Lipinski definition) is 2. The molecular weight excluding hydrogens is 456 g/mol. The van der Waals surface area contributed by atoms with E-state index in [0.717, 1.165) is 21.4 Å². The molecule has 0 spiro atoms. The summed E-state index contributed by atoms with van der Waals surface area (Å²) in [5, 5.41) is 5.87. The molecule has 1 aliphatic rings. The minimum absolute atomic E-state index is 0.0344. The molecule has 36 heavy (non-hydrogen) atoms. The summed E-state index contributed by atoms with van der Waals surface area (Å²) in [6, 6.07) is 22.7. The molecule has 0 radical (unpaired) electrons. The van der Waals surface area contributed by atoms with Crippen LogP contribution in [-0.4, -0.2) is 28.3 Å². The lowest BCUT2D eigenvalue weighted by atomic mass is 10.1. The number of rotatable bonds is 5.